The molecule has 0 spiro atoms. The number of halogens is 1. The van der Waals surface area contributed by atoms with Gasteiger partial charge in [0.05, 0.1) is 5.69 Å². The summed E-state index contributed by atoms with van der Waals surface area (Å²) in [6, 6.07) is 2.49. The number of carbonyl (C=O) groups is 2. The minimum atomic E-state index is -1.16. The van der Waals surface area contributed by atoms with Crippen molar-refractivity contribution in [2.24, 2.45) is 5.92 Å². The van der Waals surface area contributed by atoms with Gasteiger partial charge >= 0.3 is 5.97 Å². The highest BCUT2D eigenvalue weighted by molar-refractivity contribution is 6.14. The van der Waals surface area contributed by atoms with Gasteiger partial charge in [-0.05, 0) is 19.1 Å². The molecule has 0 radical (unpaired) electrons. The first-order chi connectivity index (χ1) is 8.99. The molecule has 0 aliphatic carbocycles. The van der Waals surface area contributed by atoms with Gasteiger partial charge in [-0.2, -0.15) is 0 Å². The Labute approximate surface area is 109 Å². The van der Waals surface area contributed by atoms with Crippen molar-refractivity contribution < 1.29 is 19.1 Å². The van der Waals surface area contributed by atoms with Crippen LogP contribution in [0.3, 0.4) is 0 Å². The second-order valence-electron chi connectivity index (χ2n) is 4.90. The third-order valence-corrected chi connectivity index (χ3v) is 3.70. The van der Waals surface area contributed by atoms with Crippen LogP contribution in [0.5, 0.6) is 0 Å². The van der Waals surface area contributed by atoms with Gasteiger partial charge in [-0.1, -0.05) is 12.2 Å². The molecule has 1 aromatic rings. The Hall–Kier alpha value is -2.17. The van der Waals surface area contributed by atoms with Gasteiger partial charge < -0.3 is 10.0 Å². The molecule has 2 aliphatic heterocycles. The third-order valence-electron chi connectivity index (χ3n) is 3.70. The fourth-order valence-corrected chi connectivity index (χ4v) is 2.72. The molecule has 2 unspecified atom stereocenters. The van der Waals surface area contributed by atoms with E-state index in [9.17, 15) is 14.0 Å². The molecule has 3 rings (SSSR count). The summed E-state index contributed by atoms with van der Waals surface area (Å²) in [6.45, 7) is 2.05. The summed E-state index contributed by atoms with van der Waals surface area (Å²) >= 11 is 0. The minimum absolute atomic E-state index is 0.00772. The Morgan fingerprint density at radius 3 is 2.89 bits per heavy atom. The fraction of sp³-hybridized carbons (Fsp3) is 0.286. The number of carboxylic acid groups (broad SMARTS) is 1. The van der Waals surface area contributed by atoms with Gasteiger partial charge in [0, 0.05) is 23.7 Å². The van der Waals surface area contributed by atoms with Crippen LogP contribution in [0.1, 0.15) is 22.8 Å². The normalized spacial score (nSPS) is 24.3. The van der Waals surface area contributed by atoms with Gasteiger partial charge in [0.15, 0.2) is 5.78 Å². The first-order valence-electron chi connectivity index (χ1n) is 6.04. The monoisotopic (exact) mass is 261 g/mol. The summed E-state index contributed by atoms with van der Waals surface area (Å²) in [5, 5.41) is 9.13. The number of hydrogen-bond acceptors (Lipinski definition) is 3. The maximum Gasteiger partial charge on any atom is 0.316 e. The molecule has 0 aromatic heterocycles. The number of carboxylic acids is 1. The molecule has 2 heterocycles. The molecule has 0 fully saturated rings. The van der Waals surface area contributed by atoms with E-state index in [0.717, 1.165) is 6.07 Å². The lowest BCUT2D eigenvalue weighted by Gasteiger charge is -2.40. The van der Waals surface area contributed by atoms with Crippen LogP contribution < -0.4 is 4.90 Å². The van der Waals surface area contributed by atoms with Crippen LogP contribution in [0.2, 0.25) is 0 Å². The molecule has 2 atom stereocenters. The first kappa shape index (κ1) is 11.9. The van der Waals surface area contributed by atoms with Crippen LogP contribution in [0, 0.1) is 11.7 Å². The number of benzene rings is 1. The van der Waals surface area contributed by atoms with Crippen molar-refractivity contribution in [1.82, 2.24) is 0 Å². The lowest BCUT2D eigenvalue weighted by atomic mass is 9.86. The van der Waals surface area contributed by atoms with Crippen molar-refractivity contribution in [3.8, 4) is 0 Å². The largest absolute Gasteiger partial charge is 0.481 e. The number of hydrogen-bond donors (Lipinski definition) is 1. The van der Waals surface area contributed by atoms with Gasteiger partial charge in [-0.3, -0.25) is 9.59 Å². The van der Waals surface area contributed by atoms with Gasteiger partial charge in [-0.15, -0.1) is 0 Å². The van der Waals surface area contributed by atoms with E-state index in [2.05, 4.69) is 0 Å². The second kappa shape index (κ2) is 3.91. The number of ketones is 1. The molecule has 1 aromatic carbocycles. The maximum absolute atomic E-state index is 13.5. The van der Waals surface area contributed by atoms with Gasteiger partial charge in [-0.25, -0.2) is 4.39 Å². The molecular weight excluding hydrogens is 249 g/mol. The summed E-state index contributed by atoms with van der Waals surface area (Å²) in [6.07, 6.45) is 3.65. The lowest BCUT2D eigenvalue weighted by Crippen LogP contribution is -2.47. The summed E-state index contributed by atoms with van der Waals surface area (Å²) in [5.74, 6) is -3.33. The number of rotatable bonds is 1. The van der Waals surface area contributed by atoms with E-state index < -0.39 is 23.5 Å². The molecule has 5 heteroatoms. The van der Waals surface area contributed by atoms with Crippen molar-refractivity contribution >= 4 is 23.5 Å². The minimum Gasteiger partial charge on any atom is -0.481 e. The highest BCUT2D eigenvalue weighted by atomic mass is 19.1. The Morgan fingerprint density at radius 1 is 1.47 bits per heavy atom. The van der Waals surface area contributed by atoms with Crippen LogP contribution in [0.15, 0.2) is 18.2 Å². The Balaban J connectivity index is 2.24. The van der Waals surface area contributed by atoms with Crippen molar-refractivity contribution in [2.45, 2.75) is 13.0 Å². The molecule has 2 aliphatic rings. The van der Waals surface area contributed by atoms with Crippen LogP contribution in [0.25, 0.3) is 6.08 Å². The van der Waals surface area contributed by atoms with E-state index in [4.69, 9.17) is 5.11 Å². The molecule has 0 saturated carbocycles. The molecule has 0 bridgehead atoms. The van der Waals surface area contributed by atoms with Crippen molar-refractivity contribution in [2.75, 3.05) is 11.4 Å². The Kier molecular flexibility index (Phi) is 2.45. The second-order valence-corrected chi connectivity index (χ2v) is 4.90. The third kappa shape index (κ3) is 1.65. The molecule has 1 N–H and O–H groups in total. The maximum atomic E-state index is 13.5. The smallest absolute Gasteiger partial charge is 0.316 e. The van der Waals surface area contributed by atoms with E-state index in [1.54, 1.807) is 6.08 Å². The highest BCUT2D eigenvalue weighted by Gasteiger charge is 2.40. The standard InChI is InChI=1S/C14H12FNO3/c1-7-2-3-8-4-9(15)5-10-12(8)16(7)6-11(13(10)17)14(18)19/h2-5,7,11H,6H2,1H3,(H,18,19). The molecule has 0 amide bonds. The summed E-state index contributed by atoms with van der Waals surface area (Å²) in [4.78, 5) is 25.2. The Bertz CT molecular complexity index is 623. The number of carbonyl (C=O) groups excluding carboxylic acids is 1. The molecule has 4 nitrogen and oxygen atoms in total. The van der Waals surface area contributed by atoms with Crippen LogP contribution in [-0.4, -0.2) is 29.4 Å². The molecule has 19 heavy (non-hydrogen) atoms. The predicted molar refractivity (Wildman–Crippen MR) is 67.7 cm³/mol. The topological polar surface area (TPSA) is 57.6 Å². The van der Waals surface area contributed by atoms with E-state index in [-0.39, 0.29) is 18.2 Å². The van der Waals surface area contributed by atoms with E-state index in [0.29, 0.717) is 11.3 Å². The van der Waals surface area contributed by atoms with Gasteiger partial charge in [0.25, 0.3) is 0 Å². The molecule has 0 saturated heterocycles. The van der Waals surface area contributed by atoms with Crippen molar-refractivity contribution in [3.63, 3.8) is 0 Å². The highest BCUT2D eigenvalue weighted by Crippen LogP contribution is 2.38. The van der Waals surface area contributed by atoms with Gasteiger partial charge in [0.2, 0.25) is 0 Å². The van der Waals surface area contributed by atoms with E-state index in [1.165, 1.54) is 6.07 Å². The van der Waals surface area contributed by atoms with Crippen molar-refractivity contribution in [1.29, 1.82) is 0 Å². The van der Waals surface area contributed by atoms with E-state index in [1.807, 2.05) is 17.9 Å². The average molecular weight is 261 g/mol. The zero-order valence-corrected chi connectivity index (χ0v) is 10.3. The van der Waals surface area contributed by atoms with Crippen LogP contribution in [-0.2, 0) is 4.79 Å². The van der Waals surface area contributed by atoms with E-state index >= 15 is 0 Å². The average Bonchev–Trinajstić information content (AvgIpc) is 2.35. The van der Waals surface area contributed by atoms with Crippen LogP contribution in [0.4, 0.5) is 10.1 Å². The number of anilines is 1. The number of aliphatic carboxylic acids is 1. The van der Waals surface area contributed by atoms with Crippen molar-refractivity contribution in [3.05, 3.63) is 35.2 Å². The SMILES string of the molecule is CC1C=Cc2cc(F)cc3c2N1CC(C(=O)O)C3=O. The summed E-state index contributed by atoms with van der Waals surface area (Å²) in [7, 11) is 0. The Morgan fingerprint density at radius 2 is 2.21 bits per heavy atom. The number of nitrogens with zero attached hydrogens (tertiary/aromatic N) is 1. The predicted octanol–water partition coefficient (Wildman–Crippen LogP) is 1.94. The fourth-order valence-electron chi connectivity index (χ4n) is 2.72. The van der Waals surface area contributed by atoms with Gasteiger partial charge in [0.1, 0.15) is 11.7 Å². The summed E-state index contributed by atoms with van der Waals surface area (Å²) < 4.78 is 13.5. The number of Topliss-reactive ketones (excluding diaryl/α,β-unsaturated/α-hetero) is 1. The molecular formula is C14H12FNO3. The lowest BCUT2D eigenvalue weighted by molar-refractivity contribution is -0.139. The molecule has 98 valence electrons. The summed E-state index contributed by atoms with van der Waals surface area (Å²) in [5.41, 5.74) is 1.45. The zero-order chi connectivity index (χ0) is 13.7. The quantitative estimate of drug-likeness (QED) is 0.785. The zero-order valence-electron chi connectivity index (χ0n) is 10.3. The first-order valence-corrected chi connectivity index (χ1v) is 6.04. The van der Waals surface area contributed by atoms with Crippen LogP contribution >= 0.6 is 0 Å².